The molecule has 1 atom stereocenters. The third-order valence-electron chi connectivity index (χ3n) is 2.76. The maximum absolute atomic E-state index is 13.0. The van der Waals surface area contributed by atoms with Crippen molar-refractivity contribution in [2.24, 2.45) is 11.7 Å². The number of halogens is 1. The Bertz CT molecular complexity index is 410. The number of anilines is 1. The lowest BCUT2D eigenvalue weighted by Crippen LogP contribution is -2.14. The largest absolute Gasteiger partial charge is 0.505 e. The Hall–Kier alpha value is -1.62. The lowest BCUT2D eigenvalue weighted by Gasteiger charge is -2.10. The van der Waals surface area contributed by atoms with Crippen LogP contribution < -0.4 is 11.1 Å². The Balaban J connectivity index is 2.42. The van der Waals surface area contributed by atoms with Crippen LogP contribution in [0.1, 0.15) is 26.2 Å². The summed E-state index contributed by atoms with van der Waals surface area (Å²) in [6.07, 6.45) is 2.02. The van der Waals surface area contributed by atoms with Crippen LogP contribution in [0.5, 0.6) is 5.75 Å². The highest BCUT2D eigenvalue weighted by molar-refractivity contribution is 5.90. The van der Waals surface area contributed by atoms with Gasteiger partial charge in [0.15, 0.2) is 11.6 Å². The van der Waals surface area contributed by atoms with E-state index in [4.69, 9.17) is 10.8 Å². The molecule has 0 spiro atoms. The van der Waals surface area contributed by atoms with Crippen molar-refractivity contribution < 1.29 is 14.3 Å². The Morgan fingerprint density at radius 1 is 1.50 bits per heavy atom. The number of aromatic hydroxyl groups is 1. The van der Waals surface area contributed by atoms with E-state index in [2.05, 4.69) is 5.32 Å². The molecule has 0 aliphatic carbocycles. The molecule has 0 fully saturated rings. The standard InChI is InChI=1S/C13H19FN2O2/c1-9(6-7-15)2-5-13(18)16-10-3-4-12(17)11(14)8-10/h3-4,8-9,17H,2,5-7,15H2,1H3,(H,16,18). The number of amides is 1. The van der Waals surface area contributed by atoms with Gasteiger partial charge in [-0.15, -0.1) is 0 Å². The molecule has 0 aliphatic heterocycles. The van der Waals surface area contributed by atoms with Crippen molar-refractivity contribution in [3.63, 3.8) is 0 Å². The normalized spacial score (nSPS) is 12.2. The van der Waals surface area contributed by atoms with Crippen LogP contribution in [0.4, 0.5) is 10.1 Å². The summed E-state index contributed by atoms with van der Waals surface area (Å²) in [5.74, 6) is -0.935. The number of carbonyl (C=O) groups is 1. The van der Waals surface area contributed by atoms with Crippen LogP contribution in [0.3, 0.4) is 0 Å². The summed E-state index contributed by atoms with van der Waals surface area (Å²) in [5, 5.41) is 11.6. The quantitative estimate of drug-likeness (QED) is 0.681. The molecule has 4 N–H and O–H groups in total. The van der Waals surface area contributed by atoms with E-state index in [1.807, 2.05) is 6.92 Å². The fourth-order valence-corrected chi connectivity index (χ4v) is 1.61. The molecule has 0 aliphatic rings. The molecule has 100 valence electrons. The fraction of sp³-hybridized carbons (Fsp3) is 0.462. The maximum Gasteiger partial charge on any atom is 0.224 e. The number of benzene rings is 1. The molecule has 0 saturated carbocycles. The van der Waals surface area contributed by atoms with Crippen molar-refractivity contribution in [2.75, 3.05) is 11.9 Å². The molecule has 4 nitrogen and oxygen atoms in total. The average Bonchev–Trinajstić information content (AvgIpc) is 2.32. The van der Waals surface area contributed by atoms with E-state index < -0.39 is 11.6 Å². The van der Waals surface area contributed by atoms with E-state index in [1.54, 1.807) is 0 Å². The van der Waals surface area contributed by atoms with Crippen LogP contribution in [0.25, 0.3) is 0 Å². The minimum Gasteiger partial charge on any atom is -0.505 e. The number of carbonyl (C=O) groups excluding carboxylic acids is 1. The lowest BCUT2D eigenvalue weighted by molar-refractivity contribution is -0.116. The highest BCUT2D eigenvalue weighted by Crippen LogP contribution is 2.19. The third-order valence-corrected chi connectivity index (χ3v) is 2.76. The summed E-state index contributed by atoms with van der Waals surface area (Å²) in [4.78, 5) is 11.6. The van der Waals surface area contributed by atoms with Crippen molar-refractivity contribution >= 4 is 11.6 Å². The van der Waals surface area contributed by atoms with Crippen LogP contribution in [0.15, 0.2) is 18.2 Å². The van der Waals surface area contributed by atoms with Crippen LogP contribution in [0.2, 0.25) is 0 Å². The Kier molecular flexibility index (Phi) is 5.58. The maximum atomic E-state index is 13.0. The van der Waals surface area contributed by atoms with Gasteiger partial charge < -0.3 is 16.2 Å². The summed E-state index contributed by atoms with van der Waals surface area (Å²) in [5.41, 5.74) is 5.77. The molecule has 0 saturated heterocycles. The smallest absolute Gasteiger partial charge is 0.224 e. The van der Waals surface area contributed by atoms with Gasteiger partial charge in [-0.2, -0.15) is 0 Å². The zero-order chi connectivity index (χ0) is 13.5. The predicted octanol–water partition coefficient (Wildman–Crippen LogP) is 2.23. The summed E-state index contributed by atoms with van der Waals surface area (Å²) in [6, 6.07) is 3.76. The number of phenols is 1. The number of nitrogens with two attached hydrogens (primary N) is 1. The van der Waals surface area contributed by atoms with Crippen molar-refractivity contribution in [1.82, 2.24) is 0 Å². The number of rotatable bonds is 6. The molecule has 0 heterocycles. The van der Waals surface area contributed by atoms with E-state index in [9.17, 15) is 9.18 Å². The van der Waals surface area contributed by atoms with E-state index in [-0.39, 0.29) is 5.91 Å². The van der Waals surface area contributed by atoms with Gasteiger partial charge in [-0.1, -0.05) is 6.92 Å². The zero-order valence-electron chi connectivity index (χ0n) is 10.4. The van der Waals surface area contributed by atoms with Crippen LogP contribution in [0, 0.1) is 11.7 Å². The zero-order valence-corrected chi connectivity index (χ0v) is 10.4. The van der Waals surface area contributed by atoms with E-state index in [0.717, 1.165) is 18.9 Å². The van der Waals surface area contributed by atoms with Crippen LogP contribution >= 0.6 is 0 Å². The Morgan fingerprint density at radius 3 is 2.83 bits per heavy atom. The van der Waals surface area contributed by atoms with Crippen LogP contribution in [-0.2, 0) is 4.79 Å². The van der Waals surface area contributed by atoms with E-state index >= 15 is 0 Å². The van der Waals surface area contributed by atoms with Crippen molar-refractivity contribution in [3.8, 4) is 5.75 Å². The SMILES string of the molecule is CC(CCN)CCC(=O)Nc1ccc(O)c(F)c1. The summed E-state index contributed by atoms with van der Waals surface area (Å²) < 4.78 is 13.0. The third kappa shape index (κ3) is 4.71. The van der Waals surface area contributed by atoms with Gasteiger partial charge in [-0.3, -0.25) is 4.79 Å². The number of hydrogen-bond acceptors (Lipinski definition) is 3. The summed E-state index contributed by atoms with van der Waals surface area (Å²) >= 11 is 0. The van der Waals surface area contributed by atoms with Crippen molar-refractivity contribution in [3.05, 3.63) is 24.0 Å². The highest BCUT2D eigenvalue weighted by Gasteiger charge is 2.08. The molecule has 0 bridgehead atoms. The molecule has 1 aromatic carbocycles. The molecule has 18 heavy (non-hydrogen) atoms. The topological polar surface area (TPSA) is 75.4 Å². The molecule has 0 aromatic heterocycles. The Morgan fingerprint density at radius 2 is 2.22 bits per heavy atom. The fourth-order valence-electron chi connectivity index (χ4n) is 1.61. The highest BCUT2D eigenvalue weighted by atomic mass is 19.1. The van der Waals surface area contributed by atoms with Crippen molar-refractivity contribution in [2.45, 2.75) is 26.2 Å². The molecule has 1 unspecified atom stereocenters. The molecular formula is C13H19FN2O2. The number of phenolic OH excluding ortho intramolecular Hbond substituents is 1. The van der Waals surface area contributed by atoms with Gasteiger partial charge in [0.1, 0.15) is 0 Å². The molecule has 0 radical (unpaired) electrons. The number of nitrogens with one attached hydrogen (secondary N) is 1. The minimum absolute atomic E-state index is 0.163. The Labute approximate surface area is 106 Å². The molecule has 1 amide bonds. The van der Waals surface area contributed by atoms with Gasteiger partial charge >= 0.3 is 0 Å². The average molecular weight is 254 g/mol. The van der Waals surface area contributed by atoms with E-state index in [0.29, 0.717) is 24.6 Å². The van der Waals surface area contributed by atoms with Crippen LogP contribution in [-0.4, -0.2) is 17.6 Å². The second-order valence-electron chi connectivity index (χ2n) is 4.44. The first-order valence-corrected chi connectivity index (χ1v) is 6.01. The molecule has 5 heteroatoms. The monoisotopic (exact) mass is 254 g/mol. The first-order valence-electron chi connectivity index (χ1n) is 6.01. The second kappa shape index (κ2) is 6.96. The van der Waals surface area contributed by atoms with E-state index in [1.165, 1.54) is 12.1 Å². The predicted molar refractivity (Wildman–Crippen MR) is 68.8 cm³/mol. The molecular weight excluding hydrogens is 235 g/mol. The van der Waals surface area contributed by atoms with Gasteiger partial charge in [-0.25, -0.2) is 4.39 Å². The van der Waals surface area contributed by atoms with Gasteiger partial charge in [-0.05, 0) is 37.4 Å². The van der Waals surface area contributed by atoms with Gasteiger partial charge in [0.05, 0.1) is 0 Å². The van der Waals surface area contributed by atoms with Gasteiger partial charge in [0.25, 0.3) is 0 Å². The first-order chi connectivity index (χ1) is 8.52. The summed E-state index contributed by atoms with van der Waals surface area (Å²) in [6.45, 7) is 2.66. The first kappa shape index (κ1) is 14.4. The molecule has 1 rings (SSSR count). The van der Waals surface area contributed by atoms with Gasteiger partial charge in [0, 0.05) is 18.2 Å². The van der Waals surface area contributed by atoms with Gasteiger partial charge in [0.2, 0.25) is 5.91 Å². The number of hydrogen-bond donors (Lipinski definition) is 3. The minimum atomic E-state index is -0.746. The van der Waals surface area contributed by atoms with Crippen molar-refractivity contribution in [1.29, 1.82) is 0 Å². The molecule has 1 aromatic rings. The second-order valence-corrected chi connectivity index (χ2v) is 4.44. The summed E-state index contributed by atoms with van der Waals surface area (Å²) in [7, 11) is 0. The lowest BCUT2D eigenvalue weighted by atomic mass is 10.0.